The van der Waals surface area contributed by atoms with E-state index in [4.69, 9.17) is 69.6 Å². The van der Waals surface area contributed by atoms with E-state index in [2.05, 4.69) is 15.0 Å². The maximum absolute atomic E-state index is 11.4. The van der Waals surface area contributed by atoms with Crippen LogP contribution in [-0.4, -0.2) is 15.0 Å². The summed E-state index contributed by atoms with van der Waals surface area (Å²) in [5, 5.41) is 37.9. The monoisotopic (exact) mass is 789 g/mol. The van der Waals surface area contributed by atoms with Crippen molar-refractivity contribution in [3.05, 3.63) is 103 Å². The predicted octanol–water partition coefficient (Wildman–Crippen LogP) is 7.85. The molecule has 0 saturated heterocycles. The van der Waals surface area contributed by atoms with Gasteiger partial charge in [0.15, 0.2) is 0 Å². The van der Waals surface area contributed by atoms with Crippen LogP contribution in [0.1, 0.15) is 0 Å². The Kier molecular flexibility index (Phi) is 12.2. The van der Waals surface area contributed by atoms with Gasteiger partial charge in [0.05, 0.1) is 31.6 Å². The van der Waals surface area contributed by atoms with Gasteiger partial charge in [0.1, 0.15) is 0 Å². The zero-order chi connectivity index (χ0) is 28.3. The third-order valence-corrected chi connectivity index (χ3v) is 7.03. The molecular weight excluding hydrogens is 779 g/mol. The Morgan fingerprint density at radius 1 is 0.425 bits per heavy atom. The average molecular weight is 791 g/mol. The summed E-state index contributed by atoms with van der Waals surface area (Å²) in [5.41, 5.74) is 0.958. The number of halogens is 6. The van der Waals surface area contributed by atoms with E-state index in [-0.39, 0.29) is 81.7 Å². The Labute approximate surface area is 299 Å². The predicted molar refractivity (Wildman–Crippen MR) is 154 cm³/mol. The molecule has 6 nitrogen and oxygen atoms in total. The van der Waals surface area contributed by atoms with E-state index in [1.807, 2.05) is 0 Å². The molecule has 0 aliphatic carbocycles. The van der Waals surface area contributed by atoms with Crippen LogP contribution in [0.5, 0.6) is 17.2 Å². The number of pyridine rings is 3. The third kappa shape index (κ3) is 7.33. The molecule has 0 radical (unpaired) electrons. The second-order valence-corrected chi connectivity index (χ2v) is 10.1. The molecule has 0 saturated carbocycles. The molecule has 3 aromatic carbocycles. The summed E-state index contributed by atoms with van der Waals surface area (Å²) in [6, 6.07) is 14.7. The first-order valence-corrected chi connectivity index (χ1v) is 13.1. The van der Waals surface area contributed by atoms with Crippen LogP contribution in [0, 0.1) is 49.4 Å². The van der Waals surface area contributed by atoms with Crippen molar-refractivity contribution in [2.24, 2.45) is 0 Å². The number of benzene rings is 3. The molecule has 0 fully saturated rings. The summed E-state index contributed by atoms with van der Waals surface area (Å²) in [6.45, 7) is 0. The van der Waals surface area contributed by atoms with E-state index in [0.29, 0.717) is 47.8 Å². The van der Waals surface area contributed by atoms with E-state index in [1.54, 1.807) is 36.4 Å². The molecular formula is C27H12Cl6EuN3O3. The van der Waals surface area contributed by atoms with Gasteiger partial charge in [0.25, 0.3) is 0 Å². The van der Waals surface area contributed by atoms with Crippen molar-refractivity contribution in [2.45, 2.75) is 0 Å². The molecule has 0 spiro atoms. The molecule has 6 rings (SSSR count). The first-order valence-electron chi connectivity index (χ1n) is 10.8. The third-order valence-electron chi connectivity index (χ3n) is 5.25. The average Bonchev–Trinajstić information content (AvgIpc) is 2.94. The zero-order valence-corrected chi connectivity index (χ0v) is 26.6. The molecule has 3 heterocycles. The van der Waals surface area contributed by atoms with Crippen LogP contribution in [0.4, 0.5) is 0 Å². The molecule has 6 aromatic rings. The summed E-state index contributed by atoms with van der Waals surface area (Å²) in [5.74, 6) is -0.829. The smallest absolute Gasteiger partial charge is 0.870 e. The summed E-state index contributed by atoms with van der Waals surface area (Å²) in [4.78, 5) is 11.8. The van der Waals surface area contributed by atoms with Crippen LogP contribution in [0.15, 0.2) is 73.2 Å². The molecule has 202 valence electrons. The normalized spacial score (nSPS) is 10.3. The Bertz CT molecular complexity index is 1630. The Morgan fingerprint density at radius 3 is 0.925 bits per heavy atom. The molecule has 13 heteroatoms. The quantitative estimate of drug-likeness (QED) is 0.155. The van der Waals surface area contributed by atoms with Gasteiger partial charge in [0.2, 0.25) is 0 Å². The maximum atomic E-state index is 11.4. The van der Waals surface area contributed by atoms with Crippen molar-refractivity contribution in [3.8, 4) is 17.2 Å². The fourth-order valence-corrected chi connectivity index (χ4v) is 4.99. The Balaban J connectivity index is 0.000000163. The van der Waals surface area contributed by atoms with Crippen LogP contribution in [0.3, 0.4) is 0 Å². The number of hydrogen-bond donors (Lipinski definition) is 0. The second kappa shape index (κ2) is 14.7. The van der Waals surface area contributed by atoms with E-state index >= 15 is 0 Å². The second-order valence-electron chi connectivity index (χ2n) is 7.71. The minimum Gasteiger partial charge on any atom is -0.870 e. The summed E-state index contributed by atoms with van der Waals surface area (Å²) < 4.78 is 0. The number of nitrogens with zero attached hydrogens (tertiary/aromatic N) is 3. The maximum Gasteiger partial charge on any atom is 3.00 e. The molecule has 0 amide bonds. The summed E-state index contributed by atoms with van der Waals surface area (Å²) >= 11 is 34.6. The van der Waals surface area contributed by atoms with Gasteiger partial charge in [-0.1, -0.05) is 86.9 Å². The van der Waals surface area contributed by atoms with E-state index < -0.39 is 0 Å². The molecule has 0 aliphatic heterocycles. The van der Waals surface area contributed by atoms with Crippen molar-refractivity contribution in [1.29, 1.82) is 0 Å². The number of aromatic nitrogens is 3. The molecule has 0 aliphatic rings. The summed E-state index contributed by atoms with van der Waals surface area (Å²) in [7, 11) is 0. The van der Waals surface area contributed by atoms with Gasteiger partial charge in [-0.05, 0) is 54.6 Å². The largest absolute Gasteiger partial charge is 3.00 e. The van der Waals surface area contributed by atoms with Crippen LogP contribution in [0.25, 0.3) is 32.7 Å². The minimum atomic E-state index is -0.276. The molecule has 40 heavy (non-hydrogen) atoms. The first kappa shape index (κ1) is 33.1. The van der Waals surface area contributed by atoms with E-state index in [9.17, 15) is 15.3 Å². The topological polar surface area (TPSA) is 108 Å². The van der Waals surface area contributed by atoms with Gasteiger partial charge in [-0.25, -0.2) is 0 Å². The fraction of sp³-hybridized carbons (Fsp3) is 0. The van der Waals surface area contributed by atoms with Crippen LogP contribution < -0.4 is 15.3 Å². The van der Waals surface area contributed by atoms with Crippen molar-refractivity contribution in [3.63, 3.8) is 0 Å². The van der Waals surface area contributed by atoms with E-state index in [1.165, 1.54) is 36.8 Å². The van der Waals surface area contributed by atoms with Crippen molar-refractivity contribution in [1.82, 2.24) is 15.0 Å². The van der Waals surface area contributed by atoms with Crippen LogP contribution in [-0.2, 0) is 0 Å². The fourth-order valence-electron chi connectivity index (χ4n) is 3.44. The van der Waals surface area contributed by atoms with Crippen molar-refractivity contribution < 1.29 is 64.7 Å². The van der Waals surface area contributed by atoms with E-state index in [0.717, 1.165) is 0 Å². The van der Waals surface area contributed by atoms with Gasteiger partial charge in [0, 0.05) is 49.8 Å². The van der Waals surface area contributed by atoms with Crippen LogP contribution in [0.2, 0.25) is 30.1 Å². The van der Waals surface area contributed by atoms with Gasteiger partial charge in [-0.15, -0.1) is 0 Å². The Morgan fingerprint density at radius 2 is 0.675 bits per heavy atom. The van der Waals surface area contributed by atoms with Gasteiger partial charge in [-0.2, -0.15) is 0 Å². The number of rotatable bonds is 0. The first-order chi connectivity index (χ1) is 18.6. The molecule has 0 N–H and O–H groups in total. The van der Waals surface area contributed by atoms with Crippen molar-refractivity contribution >= 4 is 102 Å². The van der Waals surface area contributed by atoms with Crippen LogP contribution >= 0.6 is 69.6 Å². The Hall–Kier alpha value is -1.39. The standard InChI is InChI=1S/3C9H5Cl2NO.Eu/c3*10-6-4-7(11)9(13)8-5(6)2-1-3-12-8;/h3*1-4,13H;/q;;;+3/p-3. The number of fused-ring (bicyclic) bond motifs is 3. The van der Waals surface area contributed by atoms with Gasteiger partial charge < -0.3 is 15.3 Å². The SMILES string of the molecule is [Eu+3].[O-]c1c(Cl)cc(Cl)c2cccnc12.[O-]c1c(Cl)cc(Cl)c2cccnc12.[O-]c1c(Cl)cc(Cl)c2cccnc12. The van der Waals surface area contributed by atoms with Gasteiger partial charge in [-0.3, -0.25) is 15.0 Å². The zero-order valence-electron chi connectivity index (χ0n) is 19.6. The van der Waals surface area contributed by atoms with Gasteiger partial charge >= 0.3 is 49.4 Å². The summed E-state index contributed by atoms with van der Waals surface area (Å²) in [6.07, 6.45) is 4.61. The van der Waals surface area contributed by atoms with Crippen molar-refractivity contribution in [2.75, 3.05) is 0 Å². The molecule has 0 bridgehead atoms. The molecule has 0 unspecified atom stereocenters. The molecule has 3 aromatic heterocycles. The molecule has 0 atom stereocenters. The number of hydrogen-bond acceptors (Lipinski definition) is 6. The minimum absolute atomic E-state index is 0.